The van der Waals surface area contributed by atoms with Crippen molar-refractivity contribution >= 4 is 28.3 Å². The van der Waals surface area contributed by atoms with E-state index in [1.54, 1.807) is 7.11 Å². The number of carbonyl (C=O) groups is 1. The summed E-state index contributed by atoms with van der Waals surface area (Å²) in [5.74, 6) is 1.17. The fourth-order valence-electron chi connectivity index (χ4n) is 4.33. The number of nitrogens with one attached hydrogen (secondary N) is 1. The number of hydrogen-bond acceptors (Lipinski definition) is 5. The Balaban J connectivity index is 1.75. The number of ether oxygens (including phenoxy) is 1. The zero-order valence-electron chi connectivity index (χ0n) is 19.0. The third-order valence-corrected chi connectivity index (χ3v) is 6.13. The van der Waals surface area contributed by atoms with Crippen LogP contribution < -0.4 is 10.1 Å². The van der Waals surface area contributed by atoms with Gasteiger partial charge in [-0.1, -0.05) is 35.9 Å². The smallest absolute Gasteiger partial charge is 0.306 e. The van der Waals surface area contributed by atoms with E-state index in [4.69, 9.17) is 9.72 Å². The third kappa shape index (κ3) is 4.44. The number of aliphatic carboxylic acids is 1. The first kappa shape index (κ1) is 21.8. The SMILES string of the molecule is COc1cc2nc(C)nc(N[C@@H](C)c3cccc(C)c3)c2cc1C1=CCC(C(=O)O)CC1. The van der Waals surface area contributed by atoms with Crippen LogP contribution in [0.1, 0.15) is 54.7 Å². The van der Waals surface area contributed by atoms with Gasteiger partial charge in [0.15, 0.2) is 0 Å². The van der Waals surface area contributed by atoms with Gasteiger partial charge in [0, 0.05) is 23.1 Å². The summed E-state index contributed by atoms with van der Waals surface area (Å²) in [7, 11) is 1.65. The molecule has 0 fully saturated rings. The Hall–Kier alpha value is -3.41. The van der Waals surface area contributed by atoms with Crippen LogP contribution in [0.15, 0.2) is 42.5 Å². The monoisotopic (exact) mass is 431 g/mol. The minimum absolute atomic E-state index is 0.0724. The molecule has 0 bridgehead atoms. The van der Waals surface area contributed by atoms with Gasteiger partial charge in [-0.2, -0.15) is 0 Å². The second-order valence-electron chi connectivity index (χ2n) is 8.51. The molecule has 0 saturated heterocycles. The van der Waals surface area contributed by atoms with Gasteiger partial charge in [0.2, 0.25) is 0 Å². The van der Waals surface area contributed by atoms with Gasteiger partial charge in [0.25, 0.3) is 0 Å². The number of anilines is 1. The van der Waals surface area contributed by atoms with Crippen molar-refractivity contribution in [3.63, 3.8) is 0 Å². The molecule has 0 saturated carbocycles. The van der Waals surface area contributed by atoms with Gasteiger partial charge in [0.05, 0.1) is 18.5 Å². The molecule has 1 unspecified atom stereocenters. The molecule has 0 spiro atoms. The second kappa shape index (κ2) is 8.99. The van der Waals surface area contributed by atoms with Crippen molar-refractivity contribution in [2.45, 2.75) is 46.1 Å². The molecule has 32 heavy (non-hydrogen) atoms. The quantitative estimate of drug-likeness (QED) is 0.521. The highest BCUT2D eigenvalue weighted by Gasteiger charge is 2.23. The van der Waals surface area contributed by atoms with E-state index < -0.39 is 5.97 Å². The minimum Gasteiger partial charge on any atom is -0.496 e. The molecule has 2 N–H and O–H groups in total. The first-order chi connectivity index (χ1) is 15.4. The second-order valence-corrected chi connectivity index (χ2v) is 8.51. The van der Waals surface area contributed by atoms with Gasteiger partial charge < -0.3 is 15.2 Å². The largest absolute Gasteiger partial charge is 0.496 e. The van der Waals surface area contributed by atoms with Gasteiger partial charge in [-0.3, -0.25) is 4.79 Å². The normalized spacial score (nSPS) is 17.0. The fraction of sp³-hybridized carbons (Fsp3) is 0.346. The van der Waals surface area contributed by atoms with Crippen LogP contribution in [0.25, 0.3) is 16.5 Å². The van der Waals surface area contributed by atoms with E-state index in [0.29, 0.717) is 25.1 Å². The number of rotatable bonds is 6. The Bertz CT molecular complexity index is 1200. The number of hydrogen-bond donors (Lipinski definition) is 2. The molecule has 0 radical (unpaired) electrons. The molecule has 1 aromatic heterocycles. The Morgan fingerprint density at radius 2 is 2.03 bits per heavy atom. The molecular formula is C26H29N3O3. The topological polar surface area (TPSA) is 84.3 Å². The first-order valence-electron chi connectivity index (χ1n) is 11.0. The summed E-state index contributed by atoms with van der Waals surface area (Å²) in [4.78, 5) is 20.7. The van der Waals surface area contributed by atoms with E-state index in [0.717, 1.165) is 33.6 Å². The summed E-state index contributed by atoms with van der Waals surface area (Å²) in [6.07, 6.45) is 3.89. The fourth-order valence-corrected chi connectivity index (χ4v) is 4.33. The Morgan fingerprint density at radius 3 is 2.69 bits per heavy atom. The Kier molecular flexibility index (Phi) is 6.12. The van der Waals surface area contributed by atoms with Gasteiger partial charge >= 0.3 is 5.97 Å². The molecule has 2 aromatic carbocycles. The van der Waals surface area contributed by atoms with Crippen LogP contribution in [0, 0.1) is 19.8 Å². The van der Waals surface area contributed by atoms with Crippen molar-refractivity contribution in [3.8, 4) is 5.75 Å². The highest BCUT2D eigenvalue weighted by atomic mass is 16.5. The van der Waals surface area contributed by atoms with E-state index in [9.17, 15) is 9.90 Å². The lowest BCUT2D eigenvalue weighted by molar-refractivity contribution is -0.141. The van der Waals surface area contributed by atoms with E-state index in [1.165, 1.54) is 11.1 Å². The van der Waals surface area contributed by atoms with Crippen LogP contribution in [-0.2, 0) is 4.79 Å². The standard InChI is InChI=1S/C26H29N3O3/c1-15-6-5-7-20(12-15)16(2)27-25-22-13-21(18-8-10-19(11-9-18)26(30)31)24(32-4)14-23(22)28-17(3)29-25/h5-8,12-14,16,19H,9-11H2,1-4H3,(H,30,31)(H,27,28,29)/t16-,19?/m0/s1. The lowest BCUT2D eigenvalue weighted by Crippen LogP contribution is -2.16. The number of fused-ring (bicyclic) bond motifs is 1. The molecule has 166 valence electrons. The maximum atomic E-state index is 11.3. The van der Waals surface area contributed by atoms with Gasteiger partial charge in [0.1, 0.15) is 17.4 Å². The van der Waals surface area contributed by atoms with Gasteiger partial charge in [-0.25, -0.2) is 9.97 Å². The summed E-state index contributed by atoms with van der Waals surface area (Å²) >= 11 is 0. The third-order valence-electron chi connectivity index (χ3n) is 6.13. The maximum absolute atomic E-state index is 11.3. The lowest BCUT2D eigenvalue weighted by Gasteiger charge is -2.22. The maximum Gasteiger partial charge on any atom is 0.306 e. The van der Waals surface area contributed by atoms with Crippen LogP contribution in [-0.4, -0.2) is 28.2 Å². The first-order valence-corrected chi connectivity index (χ1v) is 11.0. The van der Waals surface area contributed by atoms with Crippen LogP contribution in [0.3, 0.4) is 0 Å². The molecule has 3 aromatic rings. The number of nitrogens with zero attached hydrogens (tertiary/aromatic N) is 2. The summed E-state index contributed by atoms with van der Waals surface area (Å²) in [5.41, 5.74) is 5.31. The van der Waals surface area contributed by atoms with Crippen molar-refractivity contribution in [1.82, 2.24) is 9.97 Å². The summed E-state index contributed by atoms with van der Waals surface area (Å²) < 4.78 is 5.69. The molecule has 6 nitrogen and oxygen atoms in total. The van der Waals surface area contributed by atoms with Crippen LogP contribution in [0.4, 0.5) is 5.82 Å². The molecule has 0 aliphatic heterocycles. The van der Waals surface area contributed by atoms with Crippen molar-refractivity contribution < 1.29 is 14.6 Å². The molecule has 1 aliphatic rings. The molecule has 4 rings (SSSR count). The molecular weight excluding hydrogens is 402 g/mol. The Morgan fingerprint density at radius 1 is 1.22 bits per heavy atom. The molecule has 2 atom stereocenters. The number of carboxylic acids is 1. The highest BCUT2D eigenvalue weighted by molar-refractivity contribution is 5.94. The summed E-state index contributed by atoms with van der Waals surface area (Å²) in [5, 5.41) is 13.8. The number of benzene rings is 2. The number of carboxylic acid groups (broad SMARTS) is 1. The molecule has 1 aliphatic carbocycles. The van der Waals surface area contributed by atoms with Crippen molar-refractivity contribution in [1.29, 1.82) is 0 Å². The van der Waals surface area contributed by atoms with Gasteiger partial charge in [-0.05, 0) is 57.2 Å². The number of methoxy groups -OCH3 is 1. The average molecular weight is 432 g/mol. The predicted octanol–water partition coefficient (Wildman–Crippen LogP) is 5.70. The van der Waals surface area contributed by atoms with Crippen molar-refractivity contribution in [2.24, 2.45) is 5.92 Å². The zero-order valence-corrected chi connectivity index (χ0v) is 19.0. The Labute approximate surface area is 188 Å². The summed E-state index contributed by atoms with van der Waals surface area (Å²) in [6.45, 7) is 6.10. The number of allylic oxidation sites excluding steroid dienone is 2. The summed E-state index contributed by atoms with van der Waals surface area (Å²) in [6, 6.07) is 12.5. The number of aromatic nitrogens is 2. The molecule has 6 heteroatoms. The minimum atomic E-state index is -0.730. The van der Waals surface area contributed by atoms with E-state index >= 15 is 0 Å². The van der Waals surface area contributed by atoms with Crippen molar-refractivity contribution in [3.05, 3.63) is 65.0 Å². The van der Waals surface area contributed by atoms with Crippen LogP contribution >= 0.6 is 0 Å². The predicted molar refractivity (Wildman–Crippen MR) is 127 cm³/mol. The average Bonchev–Trinajstić information content (AvgIpc) is 2.78. The van der Waals surface area contributed by atoms with E-state index in [1.807, 2.05) is 19.1 Å². The zero-order chi connectivity index (χ0) is 22.8. The van der Waals surface area contributed by atoms with E-state index in [-0.39, 0.29) is 12.0 Å². The molecule has 1 heterocycles. The van der Waals surface area contributed by atoms with E-state index in [2.05, 4.69) is 54.5 Å². The van der Waals surface area contributed by atoms with Crippen molar-refractivity contribution in [2.75, 3.05) is 12.4 Å². The lowest BCUT2D eigenvalue weighted by atomic mass is 9.86. The van der Waals surface area contributed by atoms with Gasteiger partial charge in [-0.15, -0.1) is 0 Å². The van der Waals surface area contributed by atoms with Crippen LogP contribution in [0.2, 0.25) is 0 Å². The number of aryl methyl sites for hydroxylation is 2. The van der Waals surface area contributed by atoms with Crippen LogP contribution in [0.5, 0.6) is 5.75 Å². The molecule has 0 amide bonds. The highest BCUT2D eigenvalue weighted by Crippen LogP contribution is 2.38.